The minimum absolute atomic E-state index is 0.690. The van der Waals surface area contributed by atoms with Gasteiger partial charge in [0.25, 0.3) is 0 Å². The SMILES string of the molecule is C=Cc1cccc(NC2CCCC2)c1. The Balaban J connectivity index is 2.04. The minimum Gasteiger partial charge on any atom is -0.382 e. The van der Waals surface area contributed by atoms with Gasteiger partial charge >= 0.3 is 0 Å². The first kappa shape index (κ1) is 9.32. The van der Waals surface area contributed by atoms with Crippen molar-refractivity contribution in [3.63, 3.8) is 0 Å². The molecule has 0 aromatic heterocycles. The maximum Gasteiger partial charge on any atom is 0.0348 e. The Morgan fingerprint density at radius 2 is 2.07 bits per heavy atom. The standard InChI is InChI=1S/C13H17N/c1-2-11-6-5-9-13(10-11)14-12-7-3-4-8-12/h2,5-6,9-10,12,14H,1,3-4,7-8H2. The summed E-state index contributed by atoms with van der Waals surface area (Å²) in [7, 11) is 0. The van der Waals surface area contributed by atoms with Gasteiger partial charge in [-0.3, -0.25) is 0 Å². The summed E-state index contributed by atoms with van der Waals surface area (Å²) in [5.74, 6) is 0. The van der Waals surface area contributed by atoms with Gasteiger partial charge in [-0.15, -0.1) is 0 Å². The maximum absolute atomic E-state index is 3.78. The normalized spacial score (nSPS) is 16.9. The number of hydrogen-bond donors (Lipinski definition) is 1. The monoisotopic (exact) mass is 187 g/mol. The van der Waals surface area contributed by atoms with E-state index in [-0.39, 0.29) is 0 Å². The summed E-state index contributed by atoms with van der Waals surface area (Å²) in [6.45, 7) is 3.78. The molecule has 0 aliphatic heterocycles. The van der Waals surface area contributed by atoms with E-state index < -0.39 is 0 Å². The highest BCUT2D eigenvalue weighted by molar-refractivity contribution is 5.56. The van der Waals surface area contributed by atoms with Gasteiger partial charge in [0.1, 0.15) is 0 Å². The molecule has 1 aromatic carbocycles. The third-order valence-electron chi connectivity index (χ3n) is 2.85. The van der Waals surface area contributed by atoms with Crippen LogP contribution in [0.3, 0.4) is 0 Å². The van der Waals surface area contributed by atoms with E-state index in [1.807, 2.05) is 6.08 Å². The molecule has 1 aliphatic rings. The van der Waals surface area contributed by atoms with Crippen LogP contribution in [0.2, 0.25) is 0 Å². The van der Waals surface area contributed by atoms with Gasteiger partial charge in [0.05, 0.1) is 0 Å². The van der Waals surface area contributed by atoms with Crippen LogP contribution in [0.4, 0.5) is 5.69 Å². The molecule has 1 N–H and O–H groups in total. The van der Waals surface area contributed by atoms with Gasteiger partial charge in [-0.2, -0.15) is 0 Å². The molecular weight excluding hydrogens is 170 g/mol. The van der Waals surface area contributed by atoms with E-state index in [4.69, 9.17) is 0 Å². The Hall–Kier alpha value is -1.24. The van der Waals surface area contributed by atoms with E-state index in [9.17, 15) is 0 Å². The molecule has 0 bridgehead atoms. The molecule has 1 heteroatoms. The van der Waals surface area contributed by atoms with E-state index in [0.717, 1.165) is 0 Å². The molecule has 74 valence electrons. The molecule has 0 amide bonds. The number of anilines is 1. The van der Waals surface area contributed by atoms with Crippen LogP contribution in [-0.4, -0.2) is 6.04 Å². The molecule has 1 nitrogen and oxygen atoms in total. The molecule has 1 saturated carbocycles. The zero-order valence-electron chi connectivity index (χ0n) is 8.50. The lowest BCUT2D eigenvalue weighted by Crippen LogP contribution is -2.14. The topological polar surface area (TPSA) is 12.0 Å². The van der Waals surface area contributed by atoms with Crippen molar-refractivity contribution in [1.82, 2.24) is 0 Å². The molecule has 0 spiro atoms. The Kier molecular flexibility index (Phi) is 2.87. The van der Waals surface area contributed by atoms with Gasteiger partial charge < -0.3 is 5.32 Å². The smallest absolute Gasteiger partial charge is 0.0348 e. The summed E-state index contributed by atoms with van der Waals surface area (Å²) in [5, 5.41) is 3.57. The van der Waals surface area contributed by atoms with Gasteiger partial charge in [-0.1, -0.05) is 37.6 Å². The van der Waals surface area contributed by atoms with Crippen molar-refractivity contribution in [2.24, 2.45) is 0 Å². The highest BCUT2D eigenvalue weighted by atomic mass is 14.9. The van der Waals surface area contributed by atoms with Crippen LogP contribution in [0, 0.1) is 0 Å². The fourth-order valence-electron chi connectivity index (χ4n) is 2.06. The molecule has 1 aromatic rings. The zero-order valence-corrected chi connectivity index (χ0v) is 8.50. The van der Waals surface area contributed by atoms with Crippen LogP contribution in [0.15, 0.2) is 30.8 Å². The summed E-state index contributed by atoms with van der Waals surface area (Å²) < 4.78 is 0. The van der Waals surface area contributed by atoms with Crippen molar-refractivity contribution in [2.75, 3.05) is 5.32 Å². The van der Waals surface area contributed by atoms with Crippen molar-refractivity contribution >= 4 is 11.8 Å². The molecule has 0 radical (unpaired) electrons. The molecule has 0 atom stereocenters. The first-order valence-corrected chi connectivity index (χ1v) is 5.37. The lowest BCUT2D eigenvalue weighted by Gasteiger charge is -2.13. The van der Waals surface area contributed by atoms with Crippen LogP contribution in [0.25, 0.3) is 6.08 Å². The Morgan fingerprint density at radius 3 is 2.79 bits per heavy atom. The second-order valence-electron chi connectivity index (χ2n) is 3.96. The number of benzene rings is 1. The number of rotatable bonds is 3. The summed E-state index contributed by atoms with van der Waals surface area (Å²) >= 11 is 0. The summed E-state index contributed by atoms with van der Waals surface area (Å²) in [5.41, 5.74) is 2.42. The quantitative estimate of drug-likeness (QED) is 0.761. The average molecular weight is 187 g/mol. The summed E-state index contributed by atoms with van der Waals surface area (Å²) in [4.78, 5) is 0. The van der Waals surface area contributed by atoms with E-state index in [1.54, 1.807) is 0 Å². The molecule has 14 heavy (non-hydrogen) atoms. The number of nitrogens with one attached hydrogen (secondary N) is 1. The van der Waals surface area contributed by atoms with E-state index in [0.29, 0.717) is 6.04 Å². The number of hydrogen-bond acceptors (Lipinski definition) is 1. The highest BCUT2D eigenvalue weighted by Gasteiger charge is 2.13. The summed E-state index contributed by atoms with van der Waals surface area (Å²) in [6, 6.07) is 9.13. The van der Waals surface area contributed by atoms with Gasteiger partial charge in [0.2, 0.25) is 0 Å². The van der Waals surface area contributed by atoms with Gasteiger partial charge in [0.15, 0.2) is 0 Å². The fraction of sp³-hybridized carbons (Fsp3) is 0.385. The minimum atomic E-state index is 0.690. The average Bonchev–Trinajstić information content (AvgIpc) is 2.71. The Morgan fingerprint density at radius 1 is 1.29 bits per heavy atom. The fourth-order valence-corrected chi connectivity index (χ4v) is 2.06. The zero-order chi connectivity index (χ0) is 9.80. The summed E-state index contributed by atoms with van der Waals surface area (Å²) in [6.07, 6.45) is 7.27. The van der Waals surface area contributed by atoms with Crippen LogP contribution in [0.1, 0.15) is 31.2 Å². The van der Waals surface area contributed by atoms with E-state index >= 15 is 0 Å². The van der Waals surface area contributed by atoms with Crippen molar-refractivity contribution in [1.29, 1.82) is 0 Å². The molecule has 1 aliphatic carbocycles. The predicted molar refractivity (Wildman–Crippen MR) is 62.4 cm³/mol. The predicted octanol–water partition coefficient (Wildman–Crippen LogP) is 3.68. The van der Waals surface area contributed by atoms with Crippen LogP contribution in [-0.2, 0) is 0 Å². The Labute approximate surface area is 85.8 Å². The van der Waals surface area contributed by atoms with Gasteiger partial charge in [0, 0.05) is 11.7 Å². The molecule has 1 fully saturated rings. The van der Waals surface area contributed by atoms with Crippen molar-refractivity contribution in [3.8, 4) is 0 Å². The van der Waals surface area contributed by atoms with Crippen LogP contribution in [0.5, 0.6) is 0 Å². The molecule has 0 saturated heterocycles. The van der Waals surface area contributed by atoms with Crippen molar-refractivity contribution in [2.45, 2.75) is 31.7 Å². The van der Waals surface area contributed by atoms with Crippen LogP contribution >= 0.6 is 0 Å². The first-order chi connectivity index (χ1) is 6.88. The highest BCUT2D eigenvalue weighted by Crippen LogP contribution is 2.22. The van der Waals surface area contributed by atoms with Crippen molar-refractivity contribution < 1.29 is 0 Å². The van der Waals surface area contributed by atoms with E-state index in [2.05, 4.69) is 36.2 Å². The molecule has 0 unspecified atom stereocenters. The van der Waals surface area contributed by atoms with Gasteiger partial charge in [-0.05, 0) is 30.5 Å². The molecule has 2 rings (SSSR count). The first-order valence-electron chi connectivity index (χ1n) is 5.37. The molecule has 0 heterocycles. The third kappa shape index (κ3) is 2.16. The Bertz CT molecular complexity index is 311. The van der Waals surface area contributed by atoms with Crippen molar-refractivity contribution in [3.05, 3.63) is 36.4 Å². The lowest BCUT2D eigenvalue weighted by atomic mass is 10.1. The second-order valence-corrected chi connectivity index (χ2v) is 3.96. The third-order valence-corrected chi connectivity index (χ3v) is 2.85. The lowest BCUT2D eigenvalue weighted by molar-refractivity contribution is 0.755. The van der Waals surface area contributed by atoms with Gasteiger partial charge in [-0.25, -0.2) is 0 Å². The second kappa shape index (κ2) is 4.32. The van der Waals surface area contributed by atoms with Crippen LogP contribution < -0.4 is 5.32 Å². The maximum atomic E-state index is 3.78. The van der Waals surface area contributed by atoms with E-state index in [1.165, 1.54) is 36.9 Å². The molecular formula is C13H17N. The largest absolute Gasteiger partial charge is 0.382 e.